The van der Waals surface area contributed by atoms with Crippen molar-refractivity contribution >= 4 is 15.8 Å². The largest absolute Gasteiger partial charge is 0.370 e. The Morgan fingerprint density at radius 1 is 1.60 bits per heavy atom. The van der Waals surface area contributed by atoms with Crippen molar-refractivity contribution in [3.05, 3.63) is 0 Å². The van der Waals surface area contributed by atoms with Crippen LogP contribution in [0.5, 0.6) is 0 Å². The van der Waals surface area contributed by atoms with Gasteiger partial charge >= 0.3 is 0 Å². The van der Waals surface area contributed by atoms with E-state index in [1.807, 2.05) is 13.8 Å². The Labute approximate surface area is 91.1 Å². The van der Waals surface area contributed by atoms with Gasteiger partial charge < -0.3 is 11.1 Å². The number of hydrogen-bond donors (Lipinski definition) is 2. The molecule has 0 bridgehead atoms. The highest BCUT2D eigenvalue weighted by molar-refractivity contribution is 7.91. The lowest BCUT2D eigenvalue weighted by molar-refractivity contribution is 0.469. The van der Waals surface area contributed by atoms with Gasteiger partial charge in [0, 0.05) is 6.54 Å². The third-order valence-electron chi connectivity index (χ3n) is 2.44. The van der Waals surface area contributed by atoms with Gasteiger partial charge in [0.05, 0.1) is 17.0 Å². The second-order valence-electron chi connectivity index (χ2n) is 4.29. The fraction of sp³-hybridized carbons (Fsp3) is 0.889. The van der Waals surface area contributed by atoms with Crippen molar-refractivity contribution < 1.29 is 8.42 Å². The third kappa shape index (κ3) is 3.70. The maximum Gasteiger partial charge on any atom is 0.189 e. The molecule has 1 unspecified atom stereocenters. The Morgan fingerprint density at radius 2 is 2.27 bits per heavy atom. The van der Waals surface area contributed by atoms with E-state index in [1.165, 1.54) is 0 Å². The molecule has 0 aromatic heterocycles. The Kier molecular flexibility index (Phi) is 3.59. The molecule has 0 radical (unpaired) electrons. The molecule has 6 heteroatoms. The topological polar surface area (TPSA) is 84.5 Å². The zero-order chi connectivity index (χ0) is 11.5. The predicted octanol–water partition coefficient (Wildman–Crippen LogP) is -0.122. The molecule has 1 aliphatic rings. The van der Waals surface area contributed by atoms with Crippen LogP contribution in [0, 0.1) is 0 Å². The summed E-state index contributed by atoms with van der Waals surface area (Å²) >= 11 is 0. The lowest BCUT2D eigenvalue weighted by atomic mass is 10.0. The molecule has 5 nitrogen and oxygen atoms in total. The number of sulfone groups is 1. The number of nitrogens with two attached hydrogens (primary N) is 1. The molecular formula is C9H19N3O2S. The van der Waals surface area contributed by atoms with Crippen LogP contribution in [-0.2, 0) is 9.84 Å². The van der Waals surface area contributed by atoms with Gasteiger partial charge in [0.1, 0.15) is 0 Å². The van der Waals surface area contributed by atoms with Crippen molar-refractivity contribution in [3.63, 3.8) is 0 Å². The number of nitrogens with zero attached hydrogens (tertiary/aromatic N) is 1. The van der Waals surface area contributed by atoms with Crippen LogP contribution in [0.25, 0.3) is 0 Å². The first kappa shape index (κ1) is 12.3. The zero-order valence-corrected chi connectivity index (χ0v) is 10.1. The average Bonchev–Trinajstić information content (AvgIpc) is 2.37. The zero-order valence-electron chi connectivity index (χ0n) is 9.28. The molecule has 0 saturated carbocycles. The minimum Gasteiger partial charge on any atom is -0.370 e. The summed E-state index contributed by atoms with van der Waals surface area (Å²) in [6.07, 6.45) is 1.52. The minimum absolute atomic E-state index is 0.141. The van der Waals surface area contributed by atoms with E-state index in [0.717, 1.165) is 6.42 Å². The van der Waals surface area contributed by atoms with Gasteiger partial charge in [-0.05, 0) is 19.8 Å². The van der Waals surface area contributed by atoms with Crippen LogP contribution in [0.15, 0.2) is 4.99 Å². The smallest absolute Gasteiger partial charge is 0.189 e. The summed E-state index contributed by atoms with van der Waals surface area (Å²) in [5.74, 6) is 0.719. The van der Waals surface area contributed by atoms with E-state index in [9.17, 15) is 8.42 Å². The Balaban J connectivity index is 2.59. The van der Waals surface area contributed by atoms with Gasteiger partial charge in [-0.3, -0.25) is 4.99 Å². The maximum atomic E-state index is 11.3. The molecule has 1 atom stereocenters. The molecule has 1 saturated heterocycles. The molecule has 0 aromatic carbocycles. The molecular weight excluding hydrogens is 214 g/mol. The summed E-state index contributed by atoms with van der Waals surface area (Å²) in [5.41, 5.74) is 5.21. The molecule has 0 amide bonds. The summed E-state index contributed by atoms with van der Waals surface area (Å²) in [4.78, 5) is 4.09. The van der Waals surface area contributed by atoms with Crippen molar-refractivity contribution in [1.82, 2.24) is 5.32 Å². The van der Waals surface area contributed by atoms with E-state index in [2.05, 4.69) is 10.3 Å². The Hall–Kier alpha value is -0.780. The normalized spacial score (nSPS) is 30.4. The Bertz CT molecular complexity index is 350. The standard InChI is InChI=1S/C9H19N3O2S/c1-3-5-11-8(10)12-9(2)4-6-15(13,14)7-9/h3-7H2,1-2H3,(H3,10,11,12). The van der Waals surface area contributed by atoms with Gasteiger partial charge in [-0.25, -0.2) is 8.42 Å². The first-order chi connectivity index (χ1) is 6.87. The van der Waals surface area contributed by atoms with Gasteiger partial charge in [0.2, 0.25) is 0 Å². The van der Waals surface area contributed by atoms with E-state index in [-0.39, 0.29) is 11.5 Å². The van der Waals surface area contributed by atoms with Crippen molar-refractivity contribution in [1.29, 1.82) is 0 Å². The van der Waals surface area contributed by atoms with Crippen molar-refractivity contribution in [3.8, 4) is 0 Å². The van der Waals surface area contributed by atoms with E-state index in [4.69, 9.17) is 5.73 Å². The van der Waals surface area contributed by atoms with E-state index >= 15 is 0 Å². The lowest BCUT2D eigenvalue weighted by Gasteiger charge is -2.24. The quantitative estimate of drug-likeness (QED) is 0.525. The van der Waals surface area contributed by atoms with Gasteiger partial charge in [-0.15, -0.1) is 0 Å². The summed E-state index contributed by atoms with van der Waals surface area (Å²) in [6.45, 7) is 4.55. The number of nitrogens with one attached hydrogen (secondary N) is 1. The number of hydrogen-bond acceptors (Lipinski definition) is 3. The fourth-order valence-electron chi connectivity index (χ4n) is 1.69. The van der Waals surface area contributed by atoms with Gasteiger partial charge in [-0.2, -0.15) is 0 Å². The Morgan fingerprint density at radius 3 is 2.73 bits per heavy atom. The molecule has 15 heavy (non-hydrogen) atoms. The van der Waals surface area contributed by atoms with Crippen LogP contribution < -0.4 is 11.1 Å². The molecule has 1 fully saturated rings. The summed E-state index contributed by atoms with van der Waals surface area (Å²) < 4.78 is 22.6. The molecule has 0 aliphatic carbocycles. The number of guanidine groups is 1. The van der Waals surface area contributed by atoms with Crippen LogP contribution in [0.4, 0.5) is 0 Å². The van der Waals surface area contributed by atoms with Gasteiger partial charge in [0.25, 0.3) is 0 Å². The van der Waals surface area contributed by atoms with E-state index in [0.29, 0.717) is 18.9 Å². The molecule has 3 N–H and O–H groups in total. The van der Waals surface area contributed by atoms with E-state index in [1.54, 1.807) is 0 Å². The minimum atomic E-state index is -2.89. The van der Waals surface area contributed by atoms with Crippen molar-refractivity contribution in [2.45, 2.75) is 32.2 Å². The molecule has 0 aromatic rings. The second kappa shape index (κ2) is 4.38. The molecule has 0 spiro atoms. The summed E-state index contributed by atoms with van der Waals surface area (Å²) in [6, 6.07) is 0. The van der Waals surface area contributed by atoms with Crippen LogP contribution in [0.3, 0.4) is 0 Å². The first-order valence-corrected chi connectivity index (χ1v) is 6.97. The maximum absolute atomic E-state index is 11.3. The summed E-state index contributed by atoms with van der Waals surface area (Å²) in [7, 11) is -2.89. The van der Waals surface area contributed by atoms with Crippen LogP contribution >= 0.6 is 0 Å². The highest BCUT2D eigenvalue weighted by Gasteiger charge is 2.38. The highest BCUT2D eigenvalue weighted by Crippen LogP contribution is 2.22. The van der Waals surface area contributed by atoms with Crippen LogP contribution in [-0.4, -0.2) is 38.0 Å². The third-order valence-corrected chi connectivity index (χ3v) is 4.34. The highest BCUT2D eigenvalue weighted by atomic mass is 32.2. The SMILES string of the molecule is CCCN=C(N)NC1(C)CCS(=O)(=O)C1. The van der Waals surface area contributed by atoms with E-state index < -0.39 is 15.4 Å². The fourth-order valence-corrected chi connectivity index (χ4v) is 3.78. The average molecular weight is 233 g/mol. The number of rotatable bonds is 3. The van der Waals surface area contributed by atoms with Gasteiger partial charge in [0.15, 0.2) is 15.8 Å². The van der Waals surface area contributed by atoms with Crippen molar-refractivity contribution in [2.24, 2.45) is 10.7 Å². The van der Waals surface area contributed by atoms with Crippen LogP contribution in [0.2, 0.25) is 0 Å². The van der Waals surface area contributed by atoms with Gasteiger partial charge in [-0.1, -0.05) is 6.92 Å². The number of aliphatic imine (C=N–C) groups is 1. The summed E-state index contributed by atoms with van der Waals surface area (Å²) in [5, 5.41) is 2.99. The first-order valence-electron chi connectivity index (χ1n) is 5.15. The van der Waals surface area contributed by atoms with Crippen LogP contribution in [0.1, 0.15) is 26.7 Å². The molecule has 1 rings (SSSR count). The molecule has 88 valence electrons. The second-order valence-corrected chi connectivity index (χ2v) is 6.48. The lowest BCUT2D eigenvalue weighted by Crippen LogP contribution is -2.50. The monoisotopic (exact) mass is 233 g/mol. The molecule has 1 heterocycles. The molecule has 1 aliphatic heterocycles. The van der Waals surface area contributed by atoms with Crippen molar-refractivity contribution in [2.75, 3.05) is 18.1 Å². The predicted molar refractivity (Wildman–Crippen MR) is 61.6 cm³/mol.